The van der Waals surface area contributed by atoms with E-state index >= 15 is 0 Å². The van der Waals surface area contributed by atoms with Crippen molar-refractivity contribution in [1.29, 1.82) is 0 Å². The molecule has 0 atom stereocenters. The lowest BCUT2D eigenvalue weighted by atomic mass is 9.79. The van der Waals surface area contributed by atoms with Gasteiger partial charge >= 0.3 is 12.2 Å². The lowest BCUT2D eigenvalue weighted by Crippen LogP contribution is -2.31. The van der Waals surface area contributed by atoms with Gasteiger partial charge in [-0.05, 0) is 23.0 Å². The van der Waals surface area contributed by atoms with Crippen molar-refractivity contribution in [3.63, 3.8) is 0 Å². The molecule has 6 heteroatoms. The lowest BCUT2D eigenvalue weighted by molar-refractivity contribution is 0.0600. The first-order valence-corrected chi connectivity index (χ1v) is 10.5. The molecule has 0 bridgehead atoms. The van der Waals surface area contributed by atoms with E-state index in [0.717, 1.165) is 11.1 Å². The number of hydrogen-bond acceptors (Lipinski definition) is 3. The molecule has 0 fully saturated rings. The van der Waals surface area contributed by atoms with Crippen molar-refractivity contribution >= 4 is 40.0 Å². The van der Waals surface area contributed by atoms with Gasteiger partial charge in [-0.15, -0.1) is 0 Å². The van der Waals surface area contributed by atoms with Crippen LogP contribution in [-0.4, -0.2) is 18.0 Å². The number of carbonyl (C=O) groups excluding carboxylic acids is 1. The van der Waals surface area contributed by atoms with Gasteiger partial charge in [0, 0.05) is 11.1 Å². The van der Waals surface area contributed by atoms with Crippen LogP contribution in [0.25, 0.3) is 0 Å². The Kier molecular flexibility index (Phi) is 5.62. The highest BCUT2D eigenvalue weighted by atomic mass is 35.9. The van der Waals surface area contributed by atoms with E-state index in [1.165, 1.54) is 7.11 Å². The van der Waals surface area contributed by atoms with Crippen LogP contribution in [-0.2, 0) is 15.6 Å². The summed E-state index contributed by atoms with van der Waals surface area (Å²) in [6, 6.07) is 3.43. The van der Waals surface area contributed by atoms with Crippen molar-refractivity contribution in [2.75, 3.05) is 7.11 Å². The second-order valence-corrected chi connectivity index (χ2v) is 12.3. The molecule has 0 amide bonds. The van der Waals surface area contributed by atoms with Gasteiger partial charge in [0.05, 0.1) is 12.7 Å². The predicted molar refractivity (Wildman–Crippen MR) is 95.7 cm³/mol. The molecule has 0 radical (unpaired) electrons. The molecule has 1 N–H and O–H groups in total. The first-order valence-electron chi connectivity index (χ1n) is 6.98. The molecule has 0 aromatic heterocycles. The average Bonchev–Trinajstić information content (AvgIpc) is 2.33. The van der Waals surface area contributed by atoms with Gasteiger partial charge in [0.2, 0.25) is 0 Å². The Hall–Kier alpha value is -0.340. The minimum Gasteiger partial charge on any atom is -0.465 e. The van der Waals surface area contributed by atoms with Gasteiger partial charge in [-0.3, -0.25) is 0 Å². The highest BCUT2D eigenvalue weighted by Crippen LogP contribution is 2.66. The van der Waals surface area contributed by atoms with Gasteiger partial charge in [0.15, 0.2) is 5.30 Å². The maximum absolute atomic E-state index is 12.0. The smallest absolute Gasteiger partial charge is 0.369 e. The molecule has 0 unspecified atom stereocenters. The summed E-state index contributed by atoms with van der Waals surface area (Å²) >= 11 is 12.3. The van der Waals surface area contributed by atoms with Crippen molar-refractivity contribution < 1.29 is 14.4 Å². The third-order valence-corrected chi connectivity index (χ3v) is 5.45. The van der Waals surface area contributed by atoms with Gasteiger partial charge in [-0.25, -0.2) is 9.69 Å². The highest BCUT2D eigenvalue weighted by Gasteiger charge is 2.45. The Morgan fingerprint density at radius 2 is 1.41 bits per heavy atom. The molecule has 1 rings (SSSR count). The van der Waals surface area contributed by atoms with E-state index in [-0.39, 0.29) is 10.8 Å². The number of esters is 1. The normalized spacial score (nSPS) is 13.2. The third kappa shape index (κ3) is 4.35. The summed E-state index contributed by atoms with van der Waals surface area (Å²) in [5.74, 6) is -0.423. The number of rotatable bonds is 2. The van der Waals surface area contributed by atoms with E-state index in [1.54, 1.807) is 12.1 Å². The molecular weight excluding hydrogens is 342 g/mol. The number of carbonyl (C=O) groups is 1. The van der Waals surface area contributed by atoms with E-state index in [9.17, 15) is 9.69 Å². The predicted octanol–water partition coefficient (Wildman–Crippen LogP) is 4.93. The Bertz CT molecular complexity index is 544. The largest absolute Gasteiger partial charge is 0.465 e. The van der Waals surface area contributed by atoms with E-state index in [0.29, 0.717) is 10.9 Å². The summed E-state index contributed by atoms with van der Waals surface area (Å²) in [5, 5.41) is 0.545. The standard InChI is InChI=1S/C16H24Cl2O3P/c1-15(2,3)11-8-10(14(19)21-7)9-12(16(4,5)6)13(11)22(17,18)20/h8-9,20H,1-7H3/q+1. The van der Waals surface area contributed by atoms with Crippen LogP contribution in [0.15, 0.2) is 12.1 Å². The summed E-state index contributed by atoms with van der Waals surface area (Å²) in [6.45, 7) is 11.9. The van der Waals surface area contributed by atoms with Crippen LogP contribution in [0.2, 0.25) is 0 Å². The van der Waals surface area contributed by atoms with Gasteiger partial charge in [0.25, 0.3) is 0 Å². The van der Waals surface area contributed by atoms with Crippen molar-refractivity contribution in [2.24, 2.45) is 0 Å². The van der Waals surface area contributed by atoms with Crippen molar-refractivity contribution in [2.45, 2.75) is 52.4 Å². The van der Waals surface area contributed by atoms with Crippen LogP contribution < -0.4 is 5.30 Å². The molecule has 0 aliphatic carbocycles. The molecule has 0 aliphatic heterocycles. The van der Waals surface area contributed by atoms with Crippen LogP contribution in [0.1, 0.15) is 63.0 Å². The number of hydrogen-bond donors (Lipinski definition) is 1. The summed E-state index contributed by atoms with van der Waals surface area (Å²) in [5.41, 5.74) is 1.29. The van der Waals surface area contributed by atoms with Crippen LogP contribution in [0, 0.1) is 0 Å². The summed E-state index contributed by atoms with van der Waals surface area (Å²) in [4.78, 5) is 22.4. The molecule has 1 aromatic rings. The summed E-state index contributed by atoms with van der Waals surface area (Å²) < 4.78 is 4.84. The van der Waals surface area contributed by atoms with Crippen molar-refractivity contribution in [3.8, 4) is 0 Å². The maximum Gasteiger partial charge on any atom is 0.369 e. The molecule has 0 saturated heterocycles. The van der Waals surface area contributed by atoms with Crippen LogP contribution in [0.4, 0.5) is 0 Å². The average molecular weight is 366 g/mol. The zero-order valence-corrected chi connectivity index (χ0v) is 16.5. The molecule has 0 saturated carbocycles. The Morgan fingerprint density at radius 3 is 1.64 bits per heavy atom. The minimum absolute atomic E-state index is 0.336. The van der Waals surface area contributed by atoms with Gasteiger partial charge in [0.1, 0.15) is 22.5 Å². The zero-order valence-electron chi connectivity index (χ0n) is 14.1. The second-order valence-electron chi connectivity index (χ2n) is 7.40. The maximum atomic E-state index is 12.0. The van der Waals surface area contributed by atoms with Crippen molar-refractivity contribution in [1.82, 2.24) is 0 Å². The highest BCUT2D eigenvalue weighted by molar-refractivity contribution is 8.18. The molecule has 1 aromatic carbocycles. The Balaban J connectivity index is 3.91. The minimum atomic E-state index is -3.30. The fourth-order valence-corrected chi connectivity index (χ4v) is 4.78. The second kappa shape index (κ2) is 6.28. The first-order chi connectivity index (χ1) is 9.69. The molecule has 124 valence electrons. The van der Waals surface area contributed by atoms with Gasteiger partial charge in [-0.1, -0.05) is 41.5 Å². The molecule has 0 spiro atoms. The zero-order chi connectivity index (χ0) is 17.5. The Morgan fingerprint density at radius 1 is 1.05 bits per heavy atom. The fraction of sp³-hybridized carbons (Fsp3) is 0.562. The van der Waals surface area contributed by atoms with Crippen LogP contribution in [0.5, 0.6) is 0 Å². The number of benzene rings is 1. The molecule has 3 nitrogen and oxygen atoms in total. The van der Waals surface area contributed by atoms with Crippen LogP contribution in [0.3, 0.4) is 0 Å². The number of methoxy groups -OCH3 is 1. The third-order valence-electron chi connectivity index (χ3n) is 3.42. The monoisotopic (exact) mass is 365 g/mol. The number of ether oxygens (including phenoxy) is 1. The van der Waals surface area contributed by atoms with E-state index in [2.05, 4.69) is 0 Å². The summed E-state index contributed by atoms with van der Waals surface area (Å²) in [6.07, 6.45) is -3.30. The quantitative estimate of drug-likeness (QED) is 0.597. The molecule has 0 aliphatic rings. The van der Waals surface area contributed by atoms with Crippen LogP contribution >= 0.6 is 28.7 Å². The topological polar surface area (TPSA) is 46.5 Å². The lowest BCUT2D eigenvalue weighted by Gasteiger charge is -2.29. The SMILES string of the molecule is COC(=O)c1cc(C(C)(C)C)c([P+](O)(Cl)Cl)c(C(C)(C)C)c1. The molecule has 22 heavy (non-hydrogen) atoms. The molecular formula is C16H24Cl2O3P+. The first kappa shape index (κ1) is 19.7. The van der Waals surface area contributed by atoms with E-state index in [1.807, 2.05) is 41.5 Å². The fourth-order valence-electron chi connectivity index (χ4n) is 2.30. The Labute approximate surface area is 143 Å². The summed E-state index contributed by atoms with van der Waals surface area (Å²) in [7, 11) is 1.34. The number of halogens is 2. The van der Waals surface area contributed by atoms with Gasteiger partial charge < -0.3 is 4.74 Å². The van der Waals surface area contributed by atoms with E-state index in [4.69, 9.17) is 27.2 Å². The molecule has 0 heterocycles. The van der Waals surface area contributed by atoms with Gasteiger partial charge in [-0.2, -0.15) is 0 Å². The van der Waals surface area contributed by atoms with E-state index < -0.39 is 12.2 Å². The van der Waals surface area contributed by atoms with Crippen molar-refractivity contribution in [3.05, 3.63) is 28.8 Å².